The zero-order valence-electron chi connectivity index (χ0n) is 8.74. The molecule has 80 valence electrons. The van der Waals surface area contributed by atoms with Crippen molar-refractivity contribution in [3.05, 3.63) is 35.4 Å². The number of amides is 1. The van der Waals surface area contributed by atoms with E-state index in [1.165, 1.54) is 5.56 Å². The van der Waals surface area contributed by atoms with E-state index in [0.717, 1.165) is 23.7 Å². The molecule has 1 saturated carbocycles. The molecule has 0 heterocycles. The van der Waals surface area contributed by atoms with Gasteiger partial charge >= 0.3 is 0 Å². The van der Waals surface area contributed by atoms with Crippen LogP contribution in [0, 0.1) is 0 Å². The van der Waals surface area contributed by atoms with Crippen molar-refractivity contribution in [3.8, 4) is 0 Å². The molecule has 1 fully saturated rings. The second-order valence-corrected chi connectivity index (χ2v) is 4.54. The highest BCUT2D eigenvalue weighted by atomic mass is 79.9. The Bertz CT molecular complexity index is 356. The van der Waals surface area contributed by atoms with Crippen LogP contribution in [0.25, 0.3) is 0 Å². The van der Waals surface area contributed by atoms with Crippen LogP contribution in [0.3, 0.4) is 0 Å². The number of hydrogen-bond donors (Lipinski definition) is 0. The minimum absolute atomic E-state index is 0.138. The Morgan fingerprint density at radius 1 is 1.40 bits per heavy atom. The van der Waals surface area contributed by atoms with Gasteiger partial charge in [0.1, 0.15) is 0 Å². The minimum atomic E-state index is 0.138. The maximum absolute atomic E-state index is 11.9. The average Bonchev–Trinajstić information content (AvgIpc) is 3.11. The molecule has 1 amide bonds. The van der Waals surface area contributed by atoms with E-state index in [1.807, 2.05) is 36.2 Å². The molecule has 0 atom stereocenters. The van der Waals surface area contributed by atoms with E-state index in [9.17, 15) is 4.79 Å². The average molecular weight is 268 g/mol. The lowest BCUT2D eigenvalue weighted by molar-refractivity contribution is 0.0785. The Morgan fingerprint density at radius 3 is 2.47 bits per heavy atom. The summed E-state index contributed by atoms with van der Waals surface area (Å²) in [5, 5.41) is 0.833. The Balaban J connectivity index is 2.10. The third-order valence-electron chi connectivity index (χ3n) is 2.77. The Morgan fingerprint density at radius 2 is 2.00 bits per heavy atom. The van der Waals surface area contributed by atoms with Gasteiger partial charge in [-0.2, -0.15) is 0 Å². The largest absolute Gasteiger partial charge is 0.339 e. The molecule has 15 heavy (non-hydrogen) atoms. The maximum atomic E-state index is 11.9. The molecular weight excluding hydrogens is 254 g/mol. The van der Waals surface area contributed by atoms with Gasteiger partial charge in [-0.3, -0.25) is 4.79 Å². The highest BCUT2D eigenvalue weighted by Crippen LogP contribution is 2.26. The second-order valence-electron chi connectivity index (χ2n) is 3.98. The molecule has 1 aromatic rings. The van der Waals surface area contributed by atoms with Crippen molar-refractivity contribution < 1.29 is 4.79 Å². The van der Waals surface area contributed by atoms with Crippen LogP contribution in [0.4, 0.5) is 0 Å². The minimum Gasteiger partial charge on any atom is -0.339 e. The zero-order valence-corrected chi connectivity index (χ0v) is 10.3. The first-order valence-electron chi connectivity index (χ1n) is 5.14. The molecule has 0 bridgehead atoms. The first-order chi connectivity index (χ1) is 7.22. The SMILES string of the molecule is CN(C(=O)c1ccc(CBr)cc1)C1CC1. The van der Waals surface area contributed by atoms with Crippen molar-refractivity contribution in [3.63, 3.8) is 0 Å². The molecule has 0 saturated heterocycles. The number of halogens is 1. The Hall–Kier alpha value is -0.830. The number of hydrogen-bond acceptors (Lipinski definition) is 1. The quantitative estimate of drug-likeness (QED) is 0.772. The Labute approximate surface area is 98.4 Å². The number of nitrogens with zero attached hydrogens (tertiary/aromatic N) is 1. The van der Waals surface area contributed by atoms with Crippen molar-refractivity contribution in [1.29, 1.82) is 0 Å². The van der Waals surface area contributed by atoms with Gasteiger partial charge in [0.2, 0.25) is 0 Å². The Kier molecular flexibility index (Phi) is 3.10. The van der Waals surface area contributed by atoms with E-state index in [4.69, 9.17) is 0 Å². The number of rotatable bonds is 3. The fraction of sp³-hybridized carbons (Fsp3) is 0.417. The molecule has 0 aromatic heterocycles. The first-order valence-corrected chi connectivity index (χ1v) is 6.26. The summed E-state index contributed by atoms with van der Waals surface area (Å²) in [4.78, 5) is 13.8. The summed E-state index contributed by atoms with van der Waals surface area (Å²) in [5.74, 6) is 0.138. The van der Waals surface area contributed by atoms with Gasteiger partial charge in [0.15, 0.2) is 0 Å². The van der Waals surface area contributed by atoms with Gasteiger partial charge in [0.25, 0.3) is 5.91 Å². The van der Waals surface area contributed by atoms with Crippen LogP contribution in [-0.4, -0.2) is 23.9 Å². The van der Waals surface area contributed by atoms with Gasteiger partial charge in [-0.05, 0) is 30.5 Å². The maximum Gasteiger partial charge on any atom is 0.253 e. The summed E-state index contributed by atoms with van der Waals surface area (Å²) in [7, 11) is 1.89. The summed E-state index contributed by atoms with van der Waals surface area (Å²) in [6.07, 6.45) is 2.31. The van der Waals surface area contributed by atoms with Gasteiger partial charge < -0.3 is 4.90 Å². The molecule has 0 N–H and O–H groups in total. The van der Waals surface area contributed by atoms with Crippen LogP contribution in [0.15, 0.2) is 24.3 Å². The molecule has 0 unspecified atom stereocenters. The number of benzene rings is 1. The monoisotopic (exact) mass is 267 g/mol. The molecule has 0 aliphatic heterocycles. The van der Waals surface area contributed by atoms with Crippen LogP contribution < -0.4 is 0 Å². The van der Waals surface area contributed by atoms with Crippen molar-refractivity contribution >= 4 is 21.8 Å². The first kappa shape index (κ1) is 10.7. The summed E-state index contributed by atoms with van der Waals surface area (Å²) in [5.41, 5.74) is 1.98. The topological polar surface area (TPSA) is 20.3 Å². The van der Waals surface area contributed by atoms with E-state index in [0.29, 0.717) is 6.04 Å². The fourth-order valence-electron chi connectivity index (χ4n) is 1.57. The molecule has 1 aromatic carbocycles. The smallest absolute Gasteiger partial charge is 0.253 e. The summed E-state index contributed by atoms with van der Waals surface area (Å²) in [6, 6.07) is 8.26. The van der Waals surface area contributed by atoms with Gasteiger partial charge in [-0.1, -0.05) is 28.1 Å². The lowest BCUT2D eigenvalue weighted by Gasteiger charge is -2.16. The summed E-state index contributed by atoms with van der Waals surface area (Å²) in [6.45, 7) is 0. The van der Waals surface area contributed by atoms with E-state index >= 15 is 0 Å². The lowest BCUT2D eigenvalue weighted by Crippen LogP contribution is -2.28. The van der Waals surface area contributed by atoms with Gasteiger partial charge in [-0.15, -0.1) is 0 Å². The highest BCUT2D eigenvalue weighted by molar-refractivity contribution is 9.08. The fourth-order valence-corrected chi connectivity index (χ4v) is 1.94. The second kappa shape index (κ2) is 4.35. The van der Waals surface area contributed by atoms with Crippen molar-refractivity contribution in [2.24, 2.45) is 0 Å². The third-order valence-corrected chi connectivity index (χ3v) is 3.42. The van der Waals surface area contributed by atoms with Gasteiger partial charge in [0.05, 0.1) is 0 Å². The van der Waals surface area contributed by atoms with Crippen molar-refractivity contribution in [2.75, 3.05) is 7.05 Å². The van der Waals surface area contributed by atoms with Crippen molar-refractivity contribution in [1.82, 2.24) is 4.90 Å². The molecular formula is C12H14BrNO. The predicted octanol–water partition coefficient (Wildman–Crippen LogP) is 2.82. The van der Waals surface area contributed by atoms with Crippen LogP contribution in [0.2, 0.25) is 0 Å². The van der Waals surface area contributed by atoms with Gasteiger partial charge in [0, 0.05) is 24.0 Å². The molecule has 0 spiro atoms. The molecule has 2 rings (SSSR count). The highest BCUT2D eigenvalue weighted by Gasteiger charge is 2.29. The molecule has 2 nitrogen and oxygen atoms in total. The molecule has 0 radical (unpaired) electrons. The molecule has 1 aliphatic carbocycles. The van der Waals surface area contributed by atoms with Crippen LogP contribution in [-0.2, 0) is 5.33 Å². The van der Waals surface area contributed by atoms with Crippen molar-refractivity contribution in [2.45, 2.75) is 24.2 Å². The van der Waals surface area contributed by atoms with E-state index in [-0.39, 0.29) is 5.91 Å². The molecule has 3 heteroatoms. The predicted molar refractivity (Wildman–Crippen MR) is 64.2 cm³/mol. The van der Waals surface area contributed by atoms with Crippen LogP contribution in [0.5, 0.6) is 0 Å². The molecule has 1 aliphatic rings. The lowest BCUT2D eigenvalue weighted by atomic mass is 10.1. The summed E-state index contributed by atoms with van der Waals surface area (Å²) < 4.78 is 0. The number of carbonyl (C=O) groups excluding carboxylic acids is 1. The zero-order chi connectivity index (χ0) is 10.8. The van der Waals surface area contributed by atoms with Crippen LogP contribution >= 0.6 is 15.9 Å². The summed E-state index contributed by atoms with van der Waals surface area (Å²) >= 11 is 3.39. The van der Waals surface area contributed by atoms with E-state index in [1.54, 1.807) is 0 Å². The standard InChI is InChI=1S/C12H14BrNO/c1-14(11-6-7-11)12(15)10-4-2-9(8-13)3-5-10/h2-5,11H,6-8H2,1H3. The van der Waals surface area contributed by atoms with Gasteiger partial charge in [-0.25, -0.2) is 0 Å². The number of carbonyl (C=O) groups is 1. The van der Waals surface area contributed by atoms with E-state index < -0.39 is 0 Å². The van der Waals surface area contributed by atoms with Crippen LogP contribution in [0.1, 0.15) is 28.8 Å². The normalized spacial score (nSPS) is 15.1. The number of alkyl halides is 1. The van der Waals surface area contributed by atoms with E-state index in [2.05, 4.69) is 15.9 Å². The third kappa shape index (κ3) is 2.40.